The van der Waals surface area contributed by atoms with Crippen LogP contribution in [0.3, 0.4) is 0 Å². The first kappa shape index (κ1) is 29.1. The fourth-order valence-electron chi connectivity index (χ4n) is 2.83. The summed E-state index contributed by atoms with van der Waals surface area (Å²) in [6, 6.07) is 4.60. The summed E-state index contributed by atoms with van der Waals surface area (Å²) >= 11 is 0. The maximum Gasteiger partial charge on any atom is 0.573 e. The van der Waals surface area contributed by atoms with Crippen LogP contribution in [0, 0.1) is 0 Å². The van der Waals surface area contributed by atoms with Crippen molar-refractivity contribution in [2.45, 2.75) is 18.1 Å². The number of ether oxygens (including phenoxy) is 3. The van der Waals surface area contributed by atoms with E-state index >= 15 is 0 Å². The molecule has 4 radical (unpaired) electrons. The zero-order chi connectivity index (χ0) is 29.2. The number of hydrogen-bond acceptors (Lipinski definition) is 8. The Balaban J connectivity index is 2.06. The number of alkyl halides is 6. The minimum absolute atomic E-state index is 0.0505. The van der Waals surface area contributed by atoms with Crippen LogP contribution in [0.1, 0.15) is 26.5 Å². The van der Waals surface area contributed by atoms with Gasteiger partial charge in [0, 0.05) is 24.1 Å². The predicted molar refractivity (Wildman–Crippen MR) is 120 cm³/mol. The van der Waals surface area contributed by atoms with Gasteiger partial charge in [-0.25, -0.2) is 4.98 Å². The van der Waals surface area contributed by atoms with E-state index < -0.39 is 64.2 Å². The van der Waals surface area contributed by atoms with E-state index in [1.165, 1.54) is 6.07 Å². The lowest BCUT2D eigenvalue weighted by Gasteiger charge is -2.24. The molecule has 0 saturated carbocycles. The molecule has 2 amide bonds. The van der Waals surface area contributed by atoms with E-state index in [1.54, 1.807) is 0 Å². The Kier molecular flexibility index (Phi) is 8.00. The topological polar surface area (TPSA) is 146 Å². The van der Waals surface area contributed by atoms with Gasteiger partial charge in [-0.2, -0.15) is 13.2 Å². The van der Waals surface area contributed by atoms with Crippen LogP contribution in [0.15, 0.2) is 48.8 Å². The number of hydrogen-bond donors (Lipinski definition) is 3. The number of rotatable bonds is 8. The van der Waals surface area contributed by atoms with Crippen LogP contribution < -0.4 is 25.3 Å². The Morgan fingerprint density at radius 1 is 0.923 bits per heavy atom. The smallest absolute Gasteiger partial charge is 0.478 e. The standard InChI is InChI=1S/C21H12B2F6N4O6/c22-20(23,36)39-14-7-11(38-21(27,28)29)1-2-13(14)37-15-5-9(19(24,25)26)8-32-16(15)18(35)33-10-3-4-31-12(6-10)17(30)34/h1-8,36H,(H2,30,34)(H,31,33,35). The molecule has 0 fully saturated rings. The monoisotopic (exact) mass is 552 g/mol. The number of carbonyl (C=O) groups excluding carboxylic acids is 2. The molecule has 2 aromatic heterocycles. The van der Waals surface area contributed by atoms with Crippen LogP contribution in [0.25, 0.3) is 0 Å². The molecule has 0 spiro atoms. The van der Waals surface area contributed by atoms with Gasteiger partial charge in [0.15, 0.2) is 38.6 Å². The van der Waals surface area contributed by atoms with Gasteiger partial charge in [0.2, 0.25) is 0 Å². The Morgan fingerprint density at radius 2 is 1.62 bits per heavy atom. The molecule has 2 heterocycles. The second kappa shape index (κ2) is 10.7. The molecule has 3 aromatic rings. The number of amides is 2. The molecule has 10 nitrogen and oxygen atoms in total. The van der Waals surface area contributed by atoms with Crippen LogP contribution in [0.2, 0.25) is 0 Å². The van der Waals surface area contributed by atoms with Crippen molar-refractivity contribution in [3.63, 3.8) is 0 Å². The minimum Gasteiger partial charge on any atom is -0.478 e. The lowest BCUT2D eigenvalue weighted by atomic mass is 9.76. The maximum absolute atomic E-state index is 13.4. The van der Waals surface area contributed by atoms with Gasteiger partial charge in [-0.3, -0.25) is 14.6 Å². The van der Waals surface area contributed by atoms with E-state index in [1.807, 2.05) is 0 Å². The fourth-order valence-corrected chi connectivity index (χ4v) is 2.83. The summed E-state index contributed by atoms with van der Waals surface area (Å²) in [5, 5.41) is 11.8. The van der Waals surface area contributed by atoms with Crippen LogP contribution >= 0.6 is 0 Å². The third-order valence-electron chi connectivity index (χ3n) is 4.31. The Morgan fingerprint density at radius 3 is 2.21 bits per heavy atom. The lowest BCUT2D eigenvalue weighted by Crippen LogP contribution is -2.36. The Bertz CT molecular complexity index is 1400. The number of nitrogens with zero attached hydrogens (tertiary/aromatic N) is 2. The van der Waals surface area contributed by atoms with E-state index in [0.29, 0.717) is 24.4 Å². The number of halogens is 6. The molecule has 0 aliphatic rings. The highest BCUT2D eigenvalue weighted by molar-refractivity contribution is 6.37. The van der Waals surface area contributed by atoms with Gasteiger partial charge < -0.3 is 30.4 Å². The normalized spacial score (nSPS) is 12.0. The van der Waals surface area contributed by atoms with E-state index in [-0.39, 0.29) is 11.4 Å². The molecule has 0 aliphatic carbocycles. The van der Waals surface area contributed by atoms with Gasteiger partial charge in [-0.15, -0.1) is 13.2 Å². The van der Waals surface area contributed by atoms with Crippen molar-refractivity contribution in [3.05, 3.63) is 65.7 Å². The van der Waals surface area contributed by atoms with Gasteiger partial charge in [0.05, 0.1) is 5.56 Å². The molecule has 0 atom stereocenters. The molecule has 0 unspecified atom stereocenters. The van der Waals surface area contributed by atoms with Crippen LogP contribution in [-0.4, -0.2) is 54.5 Å². The summed E-state index contributed by atoms with van der Waals surface area (Å²) in [6.45, 7) is 0. The number of aromatic nitrogens is 2. The highest BCUT2D eigenvalue weighted by Crippen LogP contribution is 2.40. The molecule has 39 heavy (non-hydrogen) atoms. The molecule has 0 bridgehead atoms. The molecule has 200 valence electrons. The van der Waals surface area contributed by atoms with Crippen molar-refractivity contribution >= 4 is 33.2 Å². The number of anilines is 1. The Labute approximate surface area is 216 Å². The maximum atomic E-state index is 13.4. The number of primary amides is 1. The summed E-state index contributed by atoms with van der Waals surface area (Å²) < 4.78 is 91.7. The van der Waals surface area contributed by atoms with Gasteiger partial charge in [-0.1, -0.05) is 0 Å². The van der Waals surface area contributed by atoms with Crippen molar-refractivity contribution in [2.24, 2.45) is 5.73 Å². The van der Waals surface area contributed by atoms with Gasteiger partial charge in [0.1, 0.15) is 17.0 Å². The Hall–Kier alpha value is -4.47. The van der Waals surface area contributed by atoms with Gasteiger partial charge >= 0.3 is 12.5 Å². The SMILES string of the molecule is [B]C([B])(O)Oc1cc(OC(F)(F)F)ccc1Oc1cc(C(F)(F)F)cnc1C(=O)Nc1ccnc(C(N)=O)c1. The van der Waals surface area contributed by atoms with Crippen LogP contribution in [0.4, 0.5) is 32.0 Å². The zero-order valence-corrected chi connectivity index (χ0v) is 19.0. The van der Waals surface area contributed by atoms with Crippen LogP contribution in [-0.2, 0) is 6.18 Å². The zero-order valence-electron chi connectivity index (χ0n) is 19.0. The minimum atomic E-state index is -5.15. The van der Waals surface area contributed by atoms with E-state index in [2.05, 4.69) is 20.0 Å². The molecular weight excluding hydrogens is 540 g/mol. The molecule has 4 N–H and O–H groups in total. The van der Waals surface area contributed by atoms with Crippen molar-refractivity contribution in [3.8, 4) is 23.0 Å². The van der Waals surface area contributed by atoms with E-state index in [4.69, 9.17) is 30.9 Å². The number of pyridine rings is 2. The van der Waals surface area contributed by atoms with E-state index in [0.717, 1.165) is 18.3 Å². The summed E-state index contributed by atoms with van der Waals surface area (Å²) in [5.41, 5.74) is -0.285. The first-order chi connectivity index (χ1) is 17.9. The number of nitrogens with one attached hydrogen (secondary N) is 1. The molecule has 0 saturated heterocycles. The quantitative estimate of drug-likeness (QED) is 0.220. The summed E-state index contributed by atoms with van der Waals surface area (Å²) in [4.78, 5) is 31.3. The first-order valence-electron chi connectivity index (χ1n) is 10.1. The van der Waals surface area contributed by atoms with Gasteiger partial charge in [-0.05, 0) is 30.3 Å². The molecular formula is C21H12B2F6N4O6. The summed E-state index contributed by atoms with van der Waals surface area (Å²) in [5.74, 6) is -5.33. The van der Waals surface area contributed by atoms with Gasteiger partial charge in [0.25, 0.3) is 11.8 Å². The largest absolute Gasteiger partial charge is 0.573 e. The highest BCUT2D eigenvalue weighted by atomic mass is 19.4. The second-order valence-electron chi connectivity index (χ2n) is 7.43. The predicted octanol–water partition coefficient (Wildman–Crippen LogP) is 2.86. The number of carbonyl (C=O) groups is 2. The average Bonchev–Trinajstić information content (AvgIpc) is 2.78. The number of benzene rings is 1. The summed E-state index contributed by atoms with van der Waals surface area (Å²) in [7, 11) is 10.2. The molecule has 1 aromatic carbocycles. The first-order valence-corrected chi connectivity index (χ1v) is 10.1. The van der Waals surface area contributed by atoms with Crippen molar-refractivity contribution < 1.29 is 55.2 Å². The average molecular weight is 552 g/mol. The van der Waals surface area contributed by atoms with Crippen molar-refractivity contribution in [1.29, 1.82) is 0 Å². The number of aliphatic hydroxyl groups is 1. The third kappa shape index (κ3) is 8.26. The molecule has 18 heteroatoms. The van der Waals surface area contributed by atoms with Crippen LogP contribution in [0.5, 0.6) is 23.0 Å². The number of nitrogens with two attached hydrogens (primary N) is 1. The molecule has 3 rings (SSSR count). The van der Waals surface area contributed by atoms with Crippen molar-refractivity contribution in [1.82, 2.24) is 9.97 Å². The summed E-state index contributed by atoms with van der Waals surface area (Å²) in [6.07, 6.45) is -8.68. The second-order valence-corrected chi connectivity index (χ2v) is 7.43. The highest BCUT2D eigenvalue weighted by Gasteiger charge is 2.34. The van der Waals surface area contributed by atoms with Crippen molar-refractivity contribution in [2.75, 3.05) is 5.32 Å². The molecule has 0 aliphatic heterocycles. The third-order valence-corrected chi connectivity index (χ3v) is 4.31. The lowest BCUT2D eigenvalue weighted by molar-refractivity contribution is -0.274. The van der Waals surface area contributed by atoms with E-state index in [9.17, 15) is 41.0 Å². The fraction of sp³-hybridized carbons (Fsp3) is 0.143.